The topological polar surface area (TPSA) is 108 Å². The average molecular weight is 651 g/mol. The first-order chi connectivity index (χ1) is 23.0. The fourth-order valence-electron chi connectivity index (χ4n) is 5.99. The Balaban J connectivity index is 1.26. The van der Waals surface area contributed by atoms with Crippen molar-refractivity contribution in [3.63, 3.8) is 0 Å². The number of fused-ring (bicyclic) bond motifs is 1. The summed E-state index contributed by atoms with van der Waals surface area (Å²) in [6, 6.07) is 29.1. The molecule has 250 valence electrons. The lowest BCUT2D eigenvalue weighted by Gasteiger charge is -2.39. The van der Waals surface area contributed by atoms with E-state index in [0.29, 0.717) is 49.6 Å². The number of pyridine rings is 1. The number of benzene rings is 3. The van der Waals surface area contributed by atoms with Crippen LogP contribution < -0.4 is 20.1 Å². The minimum atomic E-state index is -1.11. The molecule has 1 N–H and O–H groups in total. The number of hydrogen-bond donors (Lipinski definition) is 1. The fourth-order valence-corrected chi connectivity index (χ4v) is 5.99. The van der Waals surface area contributed by atoms with E-state index in [9.17, 15) is 14.7 Å². The first-order valence-corrected chi connectivity index (χ1v) is 16.2. The summed E-state index contributed by atoms with van der Waals surface area (Å²) in [5, 5.41) is 11.1. The van der Waals surface area contributed by atoms with Gasteiger partial charge in [0.15, 0.2) is 0 Å². The monoisotopic (exact) mass is 650 g/mol. The van der Waals surface area contributed by atoms with E-state index in [0.717, 1.165) is 22.3 Å². The van der Waals surface area contributed by atoms with Crippen LogP contribution in [-0.2, 0) is 29.8 Å². The van der Waals surface area contributed by atoms with Crippen LogP contribution in [0.3, 0.4) is 0 Å². The molecule has 0 atom stereocenters. The maximum atomic E-state index is 13.8. The third-order valence-corrected chi connectivity index (χ3v) is 8.50. The molecule has 0 radical (unpaired) electrons. The molecule has 0 saturated carbocycles. The van der Waals surface area contributed by atoms with E-state index in [1.54, 1.807) is 28.3 Å². The zero-order chi connectivity index (χ0) is 33.9. The van der Waals surface area contributed by atoms with Gasteiger partial charge in [-0.1, -0.05) is 60.7 Å². The molecule has 2 aromatic heterocycles. The van der Waals surface area contributed by atoms with Crippen LogP contribution in [0.1, 0.15) is 51.2 Å². The Bertz CT molecular complexity index is 1940. The van der Waals surface area contributed by atoms with Crippen LogP contribution >= 0.6 is 0 Å². The molecular weight excluding hydrogens is 608 g/mol. The van der Waals surface area contributed by atoms with E-state index in [1.165, 1.54) is 0 Å². The number of nitrogens with zero attached hydrogens (tertiary/aromatic N) is 4. The number of carbonyl (C=O) groups excluding carboxylic acids is 1. The van der Waals surface area contributed by atoms with Crippen molar-refractivity contribution in [3.8, 4) is 17.4 Å². The van der Waals surface area contributed by atoms with Gasteiger partial charge in [-0.15, -0.1) is 0 Å². The summed E-state index contributed by atoms with van der Waals surface area (Å²) >= 11 is 0. The highest BCUT2D eigenvalue weighted by molar-refractivity contribution is 5.82. The van der Waals surface area contributed by atoms with Gasteiger partial charge < -0.3 is 24.2 Å². The van der Waals surface area contributed by atoms with Crippen molar-refractivity contribution in [1.82, 2.24) is 14.1 Å². The third kappa shape index (κ3) is 7.55. The van der Waals surface area contributed by atoms with Crippen molar-refractivity contribution in [1.29, 1.82) is 0 Å². The molecular formula is C38H42N4O6. The second-order valence-corrected chi connectivity index (χ2v) is 13.3. The fraction of sp³-hybridized carbons (Fsp3) is 0.342. The van der Waals surface area contributed by atoms with E-state index in [4.69, 9.17) is 19.2 Å². The van der Waals surface area contributed by atoms with Crippen molar-refractivity contribution in [3.05, 3.63) is 113 Å². The summed E-state index contributed by atoms with van der Waals surface area (Å²) in [4.78, 5) is 33.1. The summed E-state index contributed by atoms with van der Waals surface area (Å²) < 4.78 is 20.9. The van der Waals surface area contributed by atoms with E-state index in [2.05, 4.69) is 4.90 Å². The number of esters is 1. The standard InChI is InChI=1S/C38H42N4O6/c1-37(2,3)48-34(43)24-38(45)19-21-41(22-20-38)29-15-16-30-32(23-29)40(4)36(44)42(30)31-17-18-33(46-25-27-11-7-5-8-12-27)39-35(31)47-26-28-13-9-6-10-14-28/h5-18,23,45H,19-22,24-26H2,1-4H3. The molecule has 5 aromatic rings. The molecule has 10 nitrogen and oxygen atoms in total. The molecule has 6 rings (SSSR count). The molecule has 3 heterocycles. The summed E-state index contributed by atoms with van der Waals surface area (Å²) in [6.45, 7) is 7.19. The molecule has 0 bridgehead atoms. The predicted octanol–water partition coefficient (Wildman–Crippen LogP) is 5.95. The summed E-state index contributed by atoms with van der Waals surface area (Å²) in [5.74, 6) is 0.273. The molecule has 3 aromatic carbocycles. The summed E-state index contributed by atoms with van der Waals surface area (Å²) in [7, 11) is 1.75. The number of piperidine rings is 1. The highest BCUT2D eigenvalue weighted by Crippen LogP contribution is 2.33. The third-order valence-electron chi connectivity index (χ3n) is 8.50. The van der Waals surface area contributed by atoms with Gasteiger partial charge in [-0.25, -0.2) is 4.79 Å². The number of aryl methyl sites for hydroxylation is 1. The average Bonchev–Trinajstić information content (AvgIpc) is 3.31. The van der Waals surface area contributed by atoms with Gasteiger partial charge in [0.25, 0.3) is 0 Å². The maximum absolute atomic E-state index is 13.8. The number of carbonyl (C=O) groups is 1. The smallest absolute Gasteiger partial charge is 0.333 e. The summed E-state index contributed by atoms with van der Waals surface area (Å²) in [6.07, 6.45) is 0.820. The Morgan fingerprint density at radius 2 is 1.48 bits per heavy atom. The van der Waals surface area contributed by atoms with Crippen LogP contribution in [0.4, 0.5) is 5.69 Å². The number of ether oxygens (including phenoxy) is 3. The van der Waals surface area contributed by atoms with Crippen LogP contribution in [0.25, 0.3) is 16.7 Å². The van der Waals surface area contributed by atoms with Crippen molar-refractivity contribution < 1.29 is 24.1 Å². The second kappa shape index (κ2) is 13.6. The number of anilines is 1. The molecule has 0 unspecified atom stereocenters. The number of aliphatic hydroxyl groups is 1. The van der Waals surface area contributed by atoms with Crippen molar-refractivity contribution in [2.75, 3.05) is 18.0 Å². The number of rotatable bonds is 10. The van der Waals surface area contributed by atoms with Gasteiger partial charge in [0, 0.05) is 31.9 Å². The lowest BCUT2D eigenvalue weighted by atomic mass is 9.88. The second-order valence-electron chi connectivity index (χ2n) is 13.3. The van der Waals surface area contributed by atoms with E-state index in [-0.39, 0.29) is 24.6 Å². The van der Waals surface area contributed by atoms with Crippen LogP contribution in [0, 0.1) is 0 Å². The van der Waals surface area contributed by atoms with Crippen LogP contribution in [0.15, 0.2) is 95.8 Å². The largest absolute Gasteiger partial charge is 0.473 e. The molecule has 1 aliphatic heterocycles. The number of imidazole rings is 1. The summed E-state index contributed by atoms with van der Waals surface area (Å²) in [5.41, 5.74) is 2.91. The highest BCUT2D eigenvalue weighted by Gasteiger charge is 2.36. The lowest BCUT2D eigenvalue weighted by molar-refractivity contribution is -0.161. The molecule has 0 amide bonds. The predicted molar refractivity (Wildman–Crippen MR) is 185 cm³/mol. The maximum Gasteiger partial charge on any atom is 0.333 e. The highest BCUT2D eigenvalue weighted by atomic mass is 16.6. The van der Waals surface area contributed by atoms with Gasteiger partial charge in [0.1, 0.15) is 24.5 Å². The van der Waals surface area contributed by atoms with Gasteiger partial charge in [-0.05, 0) is 69.0 Å². The van der Waals surface area contributed by atoms with Crippen LogP contribution in [0.2, 0.25) is 0 Å². The zero-order valence-corrected chi connectivity index (χ0v) is 27.9. The Morgan fingerprint density at radius 3 is 2.10 bits per heavy atom. The van der Waals surface area contributed by atoms with Crippen LogP contribution in [0.5, 0.6) is 11.8 Å². The van der Waals surface area contributed by atoms with Gasteiger partial charge in [0.2, 0.25) is 11.8 Å². The molecule has 1 saturated heterocycles. The molecule has 0 aliphatic carbocycles. The first-order valence-electron chi connectivity index (χ1n) is 16.2. The molecule has 0 spiro atoms. The Hall–Kier alpha value is -5.09. The SMILES string of the molecule is Cn1c(=O)n(-c2ccc(OCc3ccccc3)nc2OCc2ccccc2)c2ccc(N3CCC(O)(CC(=O)OC(C)(C)C)CC3)cc21. The Labute approximate surface area is 280 Å². The van der Waals surface area contributed by atoms with Gasteiger partial charge in [0.05, 0.1) is 23.1 Å². The minimum absolute atomic E-state index is 0.0344. The van der Waals surface area contributed by atoms with Crippen molar-refractivity contribution >= 4 is 22.7 Å². The van der Waals surface area contributed by atoms with Crippen LogP contribution in [-0.4, -0.2) is 49.5 Å². The van der Waals surface area contributed by atoms with E-state index < -0.39 is 17.2 Å². The Morgan fingerprint density at radius 1 is 0.854 bits per heavy atom. The number of hydrogen-bond acceptors (Lipinski definition) is 8. The molecule has 10 heteroatoms. The quantitative estimate of drug-likeness (QED) is 0.185. The zero-order valence-electron chi connectivity index (χ0n) is 27.9. The molecule has 1 fully saturated rings. The number of aromatic nitrogens is 3. The van der Waals surface area contributed by atoms with Gasteiger partial charge >= 0.3 is 11.7 Å². The van der Waals surface area contributed by atoms with Crippen molar-refractivity contribution in [2.24, 2.45) is 7.05 Å². The lowest BCUT2D eigenvalue weighted by Crippen LogP contribution is -2.46. The van der Waals surface area contributed by atoms with Gasteiger partial charge in [-0.3, -0.25) is 13.9 Å². The molecule has 48 heavy (non-hydrogen) atoms. The normalized spacial score (nSPS) is 14.6. The minimum Gasteiger partial charge on any atom is -0.473 e. The first kappa shape index (κ1) is 32.8. The van der Waals surface area contributed by atoms with E-state index >= 15 is 0 Å². The Kier molecular flexibility index (Phi) is 9.28. The van der Waals surface area contributed by atoms with Gasteiger partial charge in [-0.2, -0.15) is 4.98 Å². The molecule has 1 aliphatic rings. The van der Waals surface area contributed by atoms with Crippen molar-refractivity contribution in [2.45, 2.75) is 64.4 Å². The van der Waals surface area contributed by atoms with E-state index in [1.807, 2.05) is 99.6 Å².